The van der Waals surface area contributed by atoms with Gasteiger partial charge in [0.25, 0.3) is 0 Å². The third-order valence-corrected chi connectivity index (χ3v) is 4.21. The number of sulfone groups is 1. The highest BCUT2D eigenvalue weighted by molar-refractivity contribution is 7.91. The van der Waals surface area contributed by atoms with E-state index >= 15 is 0 Å². The van der Waals surface area contributed by atoms with Gasteiger partial charge in [-0.3, -0.25) is 4.68 Å². The first-order chi connectivity index (χ1) is 6.80. The summed E-state index contributed by atoms with van der Waals surface area (Å²) in [6.07, 6.45) is 5.28. The van der Waals surface area contributed by atoms with Gasteiger partial charge in [-0.2, -0.15) is 5.10 Å². The summed E-state index contributed by atoms with van der Waals surface area (Å²) in [5.74, 6) is 0. The van der Waals surface area contributed by atoms with Crippen LogP contribution < -0.4 is 5.73 Å². The molecule has 0 saturated heterocycles. The Hall–Kier alpha value is -0.880. The van der Waals surface area contributed by atoms with E-state index in [0.29, 0.717) is 6.42 Å². The SMILES string of the molecule is CC(C(N)Cc1cnn(C)c1)S(C)(=O)=O. The van der Waals surface area contributed by atoms with Gasteiger partial charge < -0.3 is 5.73 Å². The molecule has 2 atom stereocenters. The van der Waals surface area contributed by atoms with Crippen molar-refractivity contribution in [2.75, 3.05) is 6.26 Å². The van der Waals surface area contributed by atoms with Crippen LogP contribution in [0.5, 0.6) is 0 Å². The number of nitrogens with zero attached hydrogens (tertiary/aromatic N) is 2. The highest BCUT2D eigenvalue weighted by atomic mass is 32.2. The van der Waals surface area contributed by atoms with Crippen LogP contribution >= 0.6 is 0 Å². The van der Waals surface area contributed by atoms with Gasteiger partial charge in [-0.15, -0.1) is 0 Å². The molecule has 2 N–H and O–H groups in total. The van der Waals surface area contributed by atoms with Crippen LogP contribution in [-0.4, -0.2) is 35.7 Å². The van der Waals surface area contributed by atoms with Gasteiger partial charge >= 0.3 is 0 Å². The van der Waals surface area contributed by atoms with Crippen LogP contribution in [0.25, 0.3) is 0 Å². The van der Waals surface area contributed by atoms with E-state index in [-0.39, 0.29) is 6.04 Å². The lowest BCUT2D eigenvalue weighted by Gasteiger charge is -2.17. The molecule has 86 valence electrons. The average molecular weight is 231 g/mol. The van der Waals surface area contributed by atoms with E-state index in [9.17, 15) is 8.42 Å². The van der Waals surface area contributed by atoms with E-state index in [1.807, 2.05) is 13.2 Å². The second-order valence-electron chi connectivity index (χ2n) is 3.92. The van der Waals surface area contributed by atoms with Crippen LogP contribution in [0.4, 0.5) is 0 Å². The molecule has 0 aliphatic rings. The molecule has 1 aromatic heterocycles. The van der Waals surface area contributed by atoms with E-state index in [2.05, 4.69) is 5.10 Å². The minimum atomic E-state index is -3.07. The monoisotopic (exact) mass is 231 g/mol. The average Bonchev–Trinajstić information content (AvgIpc) is 2.48. The van der Waals surface area contributed by atoms with Crippen LogP contribution in [0.15, 0.2) is 12.4 Å². The standard InChI is InChI=1S/C9H17N3O2S/c1-7(15(3,13)14)9(10)4-8-5-11-12(2)6-8/h5-7,9H,4,10H2,1-3H3. The normalized spacial score (nSPS) is 16.3. The molecule has 0 bridgehead atoms. The van der Waals surface area contributed by atoms with E-state index in [0.717, 1.165) is 5.56 Å². The van der Waals surface area contributed by atoms with Crippen molar-refractivity contribution >= 4 is 9.84 Å². The largest absolute Gasteiger partial charge is 0.326 e. The molecule has 0 aromatic carbocycles. The fourth-order valence-corrected chi connectivity index (χ4v) is 2.06. The van der Waals surface area contributed by atoms with E-state index in [1.54, 1.807) is 17.8 Å². The quantitative estimate of drug-likeness (QED) is 0.773. The van der Waals surface area contributed by atoms with Crippen LogP contribution in [0.2, 0.25) is 0 Å². The van der Waals surface area contributed by atoms with Gasteiger partial charge in [0.05, 0.1) is 11.4 Å². The van der Waals surface area contributed by atoms with Crippen LogP contribution in [-0.2, 0) is 23.3 Å². The number of rotatable bonds is 4. The summed E-state index contributed by atoms with van der Waals surface area (Å²) < 4.78 is 24.2. The second kappa shape index (κ2) is 4.32. The number of aromatic nitrogens is 2. The molecule has 0 aliphatic carbocycles. The molecular formula is C9H17N3O2S. The van der Waals surface area contributed by atoms with Crippen LogP contribution in [0, 0.1) is 0 Å². The molecule has 1 heterocycles. The van der Waals surface area contributed by atoms with E-state index in [1.165, 1.54) is 6.26 Å². The summed E-state index contributed by atoms with van der Waals surface area (Å²) in [5, 5.41) is 3.47. The zero-order valence-corrected chi connectivity index (χ0v) is 10.0. The van der Waals surface area contributed by atoms with Gasteiger partial charge in [-0.1, -0.05) is 0 Å². The molecule has 0 radical (unpaired) electrons. The molecule has 0 amide bonds. The Morgan fingerprint density at radius 1 is 1.60 bits per heavy atom. The highest BCUT2D eigenvalue weighted by Crippen LogP contribution is 2.08. The first kappa shape index (κ1) is 12.2. The van der Waals surface area contributed by atoms with Crippen molar-refractivity contribution in [2.24, 2.45) is 12.8 Å². The molecular weight excluding hydrogens is 214 g/mol. The number of hydrogen-bond acceptors (Lipinski definition) is 4. The van der Waals surface area contributed by atoms with Crippen molar-refractivity contribution < 1.29 is 8.42 Å². The third kappa shape index (κ3) is 3.32. The first-order valence-corrected chi connectivity index (χ1v) is 6.68. The lowest BCUT2D eigenvalue weighted by molar-refractivity contribution is 0.562. The highest BCUT2D eigenvalue weighted by Gasteiger charge is 2.23. The fourth-order valence-electron chi connectivity index (χ4n) is 1.33. The van der Waals surface area contributed by atoms with Crippen molar-refractivity contribution in [3.63, 3.8) is 0 Å². The molecule has 0 saturated carbocycles. The molecule has 0 spiro atoms. The predicted octanol–water partition coefficient (Wildman–Crippen LogP) is -0.277. The van der Waals surface area contributed by atoms with E-state index in [4.69, 9.17) is 5.73 Å². The molecule has 6 heteroatoms. The summed E-state index contributed by atoms with van der Waals surface area (Å²) in [6.45, 7) is 1.64. The molecule has 1 rings (SSSR count). The lowest BCUT2D eigenvalue weighted by atomic mass is 10.1. The summed E-state index contributed by atoms with van der Waals surface area (Å²) in [6, 6.07) is -0.385. The second-order valence-corrected chi connectivity index (χ2v) is 6.33. The van der Waals surface area contributed by atoms with Gasteiger partial charge in [0.15, 0.2) is 9.84 Å². The molecule has 5 nitrogen and oxygen atoms in total. The summed E-state index contributed by atoms with van der Waals surface area (Å²) in [7, 11) is -1.25. The van der Waals surface area contributed by atoms with Gasteiger partial charge in [-0.05, 0) is 18.9 Å². The maximum absolute atomic E-state index is 11.3. The molecule has 1 aromatic rings. The van der Waals surface area contributed by atoms with Gasteiger partial charge in [-0.25, -0.2) is 8.42 Å². The number of aryl methyl sites for hydroxylation is 1. The maximum atomic E-state index is 11.3. The fraction of sp³-hybridized carbons (Fsp3) is 0.667. The maximum Gasteiger partial charge on any atom is 0.151 e. The first-order valence-electron chi connectivity index (χ1n) is 4.72. The third-order valence-electron chi connectivity index (χ3n) is 2.51. The molecule has 2 unspecified atom stereocenters. The molecule has 0 aliphatic heterocycles. The Labute approximate surface area is 90.2 Å². The molecule has 15 heavy (non-hydrogen) atoms. The van der Waals surface area contributed by atoms with E-state index < -0.39 is 15.1 Å². The topological polar surface area (TPSA) is 78.0 Å². The molecule has 0 fully saturated rings. The summed E-state index contributed by atoms with van der Waals surface area (Å²) >= 11 is 0. The summed E-state index contributed by atoms with van der Waals surface area (Å²) in [4.78, 5) is 0. The Bertz CT molecular complexity index is 424. The van der Waals surface area contributed by atoms with Gasteiger partial charge in [0.2, 0.25) is 0 Å². The lowest BCUT2D eigenvalue weighted by Crippen LogP contribution is -2.39. The van der Waals surface area contributed by atoms with Crippen molar-refractivity contribution in [2.45, 2.75) is 24.6 Å². The van der Waals surface area contributed by atoms with Crippen molar-refractivity contribution in [3.8, 4) is 0 Å². The Balaban J connectivity index is 2.68. The van der Waals surface area contributed by atoms with Crippen LogP contribution in [0.1, 0.15) is 12.5 Å². The smallest absolute Gasteiger partial charge is 0.151 e. The number of nitrogens with two attached hydrogens (primary N) is 1. The summed E-state index contributed by atoms with van der Waals surface area (Å²) in [5.41, 5.74) is 6.79. The van der Waals surface area contributed by atoms with Crippen molar-refractivity contribution in [1.82, 2.24) is 9.78 Å². The Morgan fingerprint density at radius 2 is 2.20 bits per heavy atom. The van der Waals surface area contributed by atoms with Gasteiger partial charge in [0, 0.05) is 25.5 Å². The predicted molar refractivity (Wildman–Crippen MR) is 59.2 cm³/mol. The zero-order valence-electron chi connectivity index (χ0n) is 9.21. The zero-order chi connectivity index (χ0) is 11.6. The van der Waals surface area contributed by atoms with Gasteiger partial charge in [0.1, 0.15) is 0 Å². The van der Waals surface area contributed by atoms with Crippen molar-refractivity contribution in [1.29, 1.82) is 0 Å². The van der Waals surface area contributed by atoms with Crippen LogP contribution in [0.3, 0.4) is 0 Å². The number of hydrogen-bond donors (Lipinski definition) is 1. The Morgan fingerprint density at radius 3 is 2.60 bits per heavy atom. The minimum absolute atomic E-state index is 0.385. The van der Waals surface area contributed by atoms with Crippen molar-refractivity contribution in [3.05, 3.63) is 18.0 Å². The Kier molecular flexibility index (Phi) is 3.51. The minimum Gasteiger partial charge on any atom is -0.326 e.